The number of ether oxygens (including phenoxy) is 2. The second kappa shape index (κ2) is 12.1. The molecule has 0 radical (unpaired) electrons. The number of aromatic hydroxyl groups is 1. The molecule has 0 aliphatic carbocycles. The molecular weight excluding hydrogens is 642 g/mol. The lowest BCUT2D eigenvalue weighted by Crippen LogP contribution is -2.54. The van der Waals surface area contributed by atoms with E-state index in [2.05, 4.69) is 14.9 Å². The molecule has 2 aromatic carbocycles. The molecule has 48 heavy (non-hydrogen) atoms. The summed E-state index contributed by atoms with van der Waals surface area (Å²) in [4.78, 5) is 32.0. The first-order valence-electron chi connectivity index (χ1n) is 16.3. The van der Waals surface area contributed by atoms with Gasteiger partial charge in [0.25, 0.3) is 0 Å². The van der Waals surface area contributed by atoms with E-state index >= 15 is 4.39 Å². The minimum atomic E-state index is -0.925. The van der Waals surface area contributed by atoms with Crippen LogP contribution in [0.3, 0.4) is 0 Å². The molecule has 0 spiro atoms. The Bertz CT molecular complexity index is 1900. The molecule has 3 fully saturated rings. The van der Waals surface area contributed by atoms with Crippen molar-refractivity contribution >= 4 is 45.2 Å². The Balaban J connectivity index is 1.24. The summed E-state index contributed by atoms with van der Waals surface area (Å²) in [6.45, 7) is 8.40. The normalized spacial score (nSPS) is 21.5. The Morgan fingerprint density at radius 1 is 1.21 bits per heavy atom. The molecule has 254 valence electrons. The summed E-state index contributed by atoms with van der Waals surface area (Å²) < 4.78 is 42.9. The van der Waals surface area contributed by atoms with Gasteiger partial charge in [-0.15, -0.1) is 0 Å². The van der Waals surface area contributed by atoms with Crippen LogP contribution in [0, 0.1) is 11.7 Å². The third-order valence-corrected chi connectivity index (χ3v) is 9.86. The first-order valence-corrected chi connectivity index (χ1v) is 16.7. The minimum Gasteiger partial charge on any atom is -0.508 e. The second-order valence-corrected chi connectivity index (χ2v) is 14.7. The summed E-state index contributed by atoms with van der Waals surface area (Å²) in [5, 5.41) is 12.4. The third-order valence-electron chi connectivity index (χ3n) is 9.54. The van der Waals surface area contributed by atoms with Crippen molar-refractivity contribution in [2.75, 3.05) is 51.3 Å². The van der Waals surface area contributed by atoms with E-state index in [0.717, 1.165) is 19.4 Å². The molecule has 4 aromatic rings. The van der Waals surface area contributed by atoms with Crippen LogP contribution in [0.15, 0.2) is 36.5 Å². The number of fused-ring (bicyclic) bond motifs is 3. The van der Waals surface area contributed by atoms with Gasteiger partial charge in [0.2, 0.25) is 0 Å². The average Bonchev–Trinajstić information content (AvgIpc) is 3.52. The molecule has 0 saturated carbocycles. The van der Waals surface area contributed by atoms with Gasteiger partial charge < -0.3 is 24.4 Å². The van der Waals surface area contributed by atoms with Crippen LogP contribution in [0.5, 0.6) is 11.8 Å². The fraction of sp³-hybridized carbons (Fsp3) is 0.486. The van der Waals surface area contributed by atoms with Crippen LogP contribution in [-0.4, -0.2) is 99.6 Å². The van der Waals surface area contributed by atoms with Gasteiger partial charge in [-0.1, -0.05) is 23.7 Å². The van der Waals surface area contributed by atoms with Crippen molar-refractivity contribution in [3.63, 3.8) is 0 Å². The molecule has 2 aromatic heterocycles. The van der Waals surface area contributed by atoms with Crippen LogP contribution in [0.4, 0.5) is 19.4 Å². The van der Waals surface area contributed by atoms with Crippen molar-refractivity contribution in [1.82, 2.24) is 24.8 Å². The molecule has 13 heteroatoms. The quantitative estimate of drug-likeness (QED) is 0.231. The highest BCUT2D eigenvalue weighted by atomic mass is 35.5. The molecule has 0 bridgehead atoms. The molecule has 2 atom stereocenters. The Hall–Kier alpha value is -4.03. The zero-order valence-corrected chi connectivity index (χ0v) is 28.2. The van der Waals surface area contributed by atoms with Gasteiger partial charge in [0.1, 0.15) is 41.2 Å². The van der Waals surface area contributed by atoms with Gasteiger partial charge in [0, 0.05) is 67.7 Å². The SMILES string of the molecule is CN(CC1CN(C(=O)OC(C)(C)C)C1)c1nc(OC[C@@]23CCCN2C[C@H](F)C3)nc2c(F)c(-c3cc(O)cc4cccc(Cl)c34)ncc12. The predicted octanol–water partition coefficient (Wildman–Crippen LogP) is 6.60. The van der Waals surface area contributed by atoms with Crippen LogP contribution < -0.4 is 9.64 Å². The fourth-order valence-corrected chi connectivity index (χ4v) is 7.68. The molecular formula is C35H39ClF2N6O4. The third kappa shape index (κ3) is 6.04. The number of pyridine rings is 1. The Labute approximate surface area is 282 Å². The zero-order chi connectivity index (χ0) is 34.0. The van der Waals surface area contributed by atoms with E-state index in [1.165, 1.54) is 12.3 Å². The molecule has 5 heterocycles. The number of phenolic OH excluding ortho intramolecular Hbond substituents is 1. The molecule has 1 N–H and O–H groups in total. The van der Waals surface area contributed by atoms with E-state index in [1.807, 2.05) is 32.7 Å². The number of nitrogens with zero attached hydrogens (tertiary/aromatic N) is 6. The van der Waals surface area contributed by atoms with Crippen molar-refractivity contribution in [2.24, 2.45) is 5.92 Å². The van der Waals surface area contributed by atoms with Crippen molar-refractivity contribution < 1.29 is 28.2 Å². The van der Waals surface area contributed by atoms with E-state index in [0.29, 0.717) is 65.2 Å². The maximum absolute atomic E-state index is 16.7. The van der Waals surface area contributed by atoms with E-state index in [-0.39, 0.29) is 41.6 Å². The van der Waals surface area contributed by atoms with Gasteiger partial charge in [-0.05, 0) is 63.7 Å². The number of halogens is 3. The van der Waals surface area contributed by atoms with E-state index in [4.69, 9.17) is 26.1 Å². The van der Waals surface area contributed by atoms with Crippen molar-refractivity contribution in [3.8, 4) is 23.0 Å². The predicted molar refractivity (Wildman–Crippen MR) is 180 cm³/mol. The number of alkyl halides is 1. The van der Waals surface area contributed by atoms with Gasteiger partial charge in [0.05, 0.1) is 10.9 Å². The fourth-order valence-electron chi connectivity index (χ4n) is 7.40. The number of carbonyl (C=O) groups excluding carboxylic acids is 1. The number of anilines is 1. The Morgan fingerprint density at radius 2 is 2.00 bits per heavy atom. The molecule has 3 saturated heterocycles. The number of hydrogen-bond donors (Lipinski definition) is 1. The molecule has 3 aliphatic rings. The van der Waals surface area contributed by atoms with Gasteiger partial charge in [-0.2, -0.15) is 9.97 Å². The largest absolute Gasteiger partial charge is 0.508 e. The maximum Gasteiger partial charge on any atom is 0.410 e. The molecule has 7 rings (SSSR count). The maximum atomic E-state index is 16.7. The molecule has 0 unspecified atom stereocenters. The summed E-state index contributed by atoms with van der Waals surface area (Å²) >= 11 is 6.57. The standard InChI is InChI=1S/C35H39ClF2N6O4/c1-34(2,3)48-33(46)43-16-20(17-43)15-42(4)31-25-14-39-29(24-12-23(45)11-21-7-5-8-26(36)27(21)24)28(38)30(25)40-32(41-31)47-19-35-9-6-10-44(35)18-22(37)13-35/h5,7-8,11-12,14,20,22,45H,6,9-10,13,15-19H2,1-4H3/t22-,35+/m1/s1. The highest BCUT2D eigenvalue weighted by molar-refractivity contribution is 6.36. The number of aromatic nitrogens is 3. The van der Waals surface area contributed by atoms with Gasteiger partial charge in [-0.25, -0.2) is 13.6 Å². The van der Waals surface area contributed by atoms with Crippen LogP contribution in [-0.2, 0) is 4.74 Å². The average molecular weight is 681 g/mol. The number of amides is 1. The second-order valence-electron chi connectivity index (χ2n) is 14.3. The van der Waals surface area contributed by atoms with Crippen molar-refractivity contribution in [3.05, 3.63) is 47.4 Å². The van der Waals surface area contributed by atoms with Crippen LogP contribution >= 0.6 is 11.6 Å². The van der Waals surface area contributed by atoms with Gasteiger partial charge in [-0.3, -0.25) is 9.88 Å². The van der Waals surface area contributed by atoms with E-state index in [1.54, 1.807) is 29.2 Å². The van der Waals surface area contributed by atoms with Crippen molar-refractivity contribution in [2.45, 2.75) is 57.3 Å². The number of carbonyl (C=O) groups is 1. The highest BCUT2D eigenvalue weighted by Gasteiger charge is 2.49. The summed E-state index contributed by atoms with van der Waals surface area (Å²) in [7, 11) is 1.85. The number of benzene rings is 2. The Morgan fingerprint density at radius 3 is 2.77 bits per heavy atom. The van der Waals surface area contributed by atoms with Gasteiger partial charge in [0.15, 0.2) is 5.82 Å². The number of phenols is 1. The summed E-state index contributed by atoms with van der Waals surface area (Å²) in [5.41, 5.74) is -0.739. The monoisotopic (exact) mass is 680 g/mol. The molecule has 10 nitrogen and oxygen atoms in total. The first-order chi connectivity index (χ1) is 22.8. The van der Waals surface area contributed by atoms with Crippen molar-refractivity contribution in [1.29, 1.82) is 0 Å². The first kappa shape index (κ1) is 32.5. The van der Waals surface area contributed by atoms with E-state index in [9.17, 15) is 14.3 Å². The smallest absolute Gasteiger partial charge is 0.410 e. The van der Waals surface area contributed by atoms with Crippen LogP contribution in [0.25, 0.3) is 32.9 Å². The molecule has 1 amide bonds. The topological polar surface area (TPSA) is 104 Å². The van der Waals surface area contributed by atoms with Crippen LogP contribution in [0.2, 0.25) is 5.02 Å². The Kier molecular flexibility index (Phi) is 8.22. The number of likely N-dealkylation sites (tertiary alicyclic amines) is 1. The zero-order valence-electron chi connectivity index (χ0n) is 27.5. The summed E-state index contributed by atoms with van der Waals surface area (Å²) in [5.74, 6) is -0.234. The highest BCUT2D eigenvalue weighted by Crippen LogP contribution is 2.42. The minimum absolute atomic E-state index is 0.00467. The number of hydrogen-bond acceptors (Lipinski definition) is 9. The summed E-state index contributed by atoms with van der Waals surface area (Å²) in [6, 6.07) is 8.22. The lowest BCUT2D eigenvalue weighted by atomic mass is 9.95. The number of rotatable bonds is 7. The van der Waals surface area contributed by atoms with E-state index < -0.39 is 23.1 Å². The van der Waals surface area contributed by atoms with Gasteiger partial charge >= 0.3 is 12.1 Å². The lowest BCUT2D eigenvalue weighted by molar-refractivity contribution is 0.000174. The molecule has 3 aliphatic heterocycles. The lowest BCUT2D eigenvalue weighted by Gasteiger charge is -2.41. The summed E-state index contributed by atoms with van der Waals surface area (Å²) in [6.07, 6.45) is 2.37. The van der Waals surface area contributed by atoms with Crippen LogP contribution in [0.1, 0.15) is 40.0 Å².